The van der Waals surface area contributed by atoms with Crippen LogP contribution in [0.4, 0.5) is 4.79 Å². The second-order valence-corrected chi connectivity index (χ2v) is 9.06. The molecule has 3 heterocycles. The molecule has 1 aromatic carbocycles. The van der Waals surface area contributed by atoms with Crippen LogP contribution < -0.4 is 4.74 Å². The number of tetrazole rings is 1. The minimum absolute atomic E-state index is 0.360. The number of hydrogen-bond donors (Lipinski definition) is 0. The first-order valence-corrected chi connectivity index (χ1v) is 12.6. The molecule has 0 atom stereocenters. The van der Waals surface area contributed by atoms with Gasteiger partial charge in [0, 0.05) is 24.4 Å². The van der Waals surface area contributed by atoms with E-state index in [9.17, 15) is 4.79 Å². The number of nitrogens with zero attached hydrogens (tertiary/aromatic N) is 6. The molecule has 182 valence electrons. The Morgan fingerprint density at radius 3 is 2.71 bits per heavy atom. The number of carbonyl (C=O) groups excluding carboxylic acids is 1. The molecule has 0 N–H and O–H groups in total. The Balaban J connectivity index is 1.17. The Morgan fingerprint density at radius 2 is 1.97 bits per heavy atom. The summed E-state index contributed by atoms with van der Waals surface area (Å²) in [5.41, 5.74) is 1.78. The molecular weight excluding hydrogens is 456 g/mol. The Morgan fingerprint density at radius 1 is 1.15 bits per heavy atom. The molecule has 3 aromatic rings. The van der Waals surface area contributed by atoms with Crippen LogP contribution in [0, 0.1) is 0 Å². The van der Waals surface area contributed by atoms with Crippen molar-refractivity contribution in [2.75, 3.05) is 19.7 Å². The van der Waals surface area contributed by atoms with E-state index in [4.69, 9.17) is 19.3 Å². The van der Waals surface area contributed by atoms with Crippen LogP contribution in [0.2, 0.25) is 0 Å². The van der Waals surface area contributed by atoms with Crippen LogP contribution in [0.3, 0.4) is 0 Å². The number of thiazole rings is 1. The Bertz CT molecular complexity index is 1000. The lowest BCUT2D eigenvalue weighted by atomic mass is 9.99. The van der Waals surface area contributed by atoms with E-state index < -0.39 is 6.16 Å². The van der Waals surface area contributed by atoms with Gasteiger partial charge in [-0.2, -0.15) is 0 Å². The molecule has 1 fully saturated rings. The van der Waals surface area contributed by atoms with E-state index >= 15 is 0 Å². The summed E-state index contributed by atoms with van der Waals surface area (Å²) in [6.45, 7) is 4.33. The van der Waals surface area contributed by atoms with Crippen LogP contribution in [0.15, 0.2) is 36.0 Å². The molecule has 2 aromatic heterocycles. The number of ether oxygens (including phenoxy) is 2. The smallest absolute Gasteiger partial charge is 0.487 e. The molecule has 0 bridgehead atoms. The van der Waals surface area contributed by atoms with Crippen molar-refractivity contribution >= 4 is 17.5 Å². The van der Waals surface area contributed by atoms with Gasteiger partial charge in [0.2, 0.25) is 0 Å². The average Bonchev–Trinajstić information content (AvgIpc) is 3.56. The van der Waals surface area contributed by atoms with Crippen LogP contribution in [0.25, 0.3) is 5.69 Å². The lowest BCUT2D eigenvalue weighted by Crippen LogP contribution is -2.35. The molecule has 4 rings (SSSR count). The van der Waals surface area contributed by atoms with Crippen molar-refractivity contribution in [1.29, 1.82) is 0 Å². The maximum atomic E-state index is 11.8. The summed E-state index contributed by atoms with van der Waals surface area (Å²) < 4.78 is 12.6. The maximum Gasteiger partial charge on any atom is 0.527 e. The standard InChI is InChI=1S/C23H30N6O4S/c1-2-3-4-5-14-31-23(30)33-28-12-10-18(11-13-28)22-25-19(16-34-22)15-32-21-8-6-20(7-9-21)29-17-24-26-27-29/h6-9,16-18H,2-5,10-15H2,1H3. The molecule has 0 radical (unpaired) electrons. The van der Waals surface area contributed by atoms with Crippen molar-refractivity contribution in [3.05, 3.63) is 46.7 Å². The van der Waals surface area contributed by atoms with Crippen LogP contribution in [0.5, 0.6) is 5.75 Å². The first-order valence-electron chi connectivity index (χ1n) is 11.7. The van der Waals surface area contributed by atoms with Gasteiger partial charge >= 0.3 is 6.16 Å². The number of aromatic nitrogens is 5. The molecule has 0 spiro atoms. The molecular formula is C23H30N6O4S. The van der Waals surface area contributed by atoms with Crippen LogP contribution >= 0.6 is 11.3 Å². The van der Waals surface area contributed by atoms with E-state index in [0.29, 0.717) is 32.2 Å². The molecule has 0 amide bonds. The zero-order valence-corrected chi connectivity index (χ0v) is 20.2. The molecule has 0 unspecified atom stereocenters. The Labute approximate surface area is 202 Å². The predicted octanol–water partition coefficient (Wildman–Crippen LogP) is 4.53. The highest BCUT2D eigenvalue weighted by atomic mass is 32.1. The minimum Gasteiger partial charge on any atom is -0.487 e. The molecule has 1 aliphatic heterocycles. The second-order valence-electron chi connectivity index (χ2n) is 8.17. The summed E-state index contributed by atoms with van der Waals surface area (Å²) in [6, 6.07) is 7.57. The van der Waals surface area contributed by atoms with Crippen molar-refractivity contribution in [2.45, 2.75) is 58.0 Å². The summed E-state index contributed by atoms with van der Waals surface area (Å²) in [7, 11) is 0. The highest BCUT2D eigenvalue weighted by molar-refractivity contribution is 7.09. The predicted molar refractivity (Wildman–Crippen MR) is 126 cm³/mol. The fraction of sp³-hybridized carbons (Fsp3) is 0.522. The lowest BCUT2D eigenvalue weighted by molar-refractivity contribution is -0.139. The molecule has 11 heteroatoms. The summed E-state index contributed by atoms with van der Waals surface area (Å²) in [5, 5.41) is 16.0. The van der Waals surface area contributed by atoms with Gasteiger partial charge in [0.05, 0.1) is 23.0 Å². The lowest BCUT2D eigenvalue weighted by Gasteiger charge is -2.28. The molecule has 0 aliphatic carbocycles. The third kappa shape index (κ3) is 6.97. The van der Waals surface area contributed by atoms with Gasteiger partial charge in [-0.25, -0.2) is 14.5 Å². The van der Waals surface area contributed by atoms with Gasteiger partial charge in [0.1, 0.15) is 18.7 Å². The van der Waals surface area contributed by atoms with E-state index in [2.05, 4.69) is 22.4 Å². The van der Waals surface area contributed by atoms with Crippen molar-refractivity contribution in [3.8, 4) is 11.4 Å². The van der Waals surface area contributed by atoms with E-state index in [1.165, 1.54) is 0 Å². The largest absolute Gasteiger partial charge is 0.527 e. The average molecular weight is 487 g/mol. The highest BCUT2D eigenvalue weighted by Crippen LogP contribution is 2.30. The molecule has 1 saturated heterocycles. The number of piperidine rings is 1. The monoisotopic (exact) mass is 486 g/mol. The van der Waals surface area contributed by atoms with Gasteiger partial charge in [-0.3, -0.25) is 0 Å². The SMILES string of the molecule is CCCCCCOC(=O)ON1CCC(c2nc(COc3ccc(-n4cnnn4)cc3)cs2)CC1. The van der Waals surface area contributed by atoms with Gasteiger partial charge in [-0.1, -0.05) is 26.2 Å². The van der Waals surface area contributed by atoms with Gasteiger partial charge in [-0.05, 0) is 54.0 Å². The molecule has 1 aliphatic rings. The van der Waals surface area contributed by atoms with Gasteiger partial charge < -0.3 is 14.3 Å². The summed E-state index contributed by atoms with van der Waals surface area (Å²) >= 11 is 1.66. The van der Waals surface area contributed by atoms with Crippen molar-refractivity contribution in [3.63, 3.8) is 0 Å². The van der Waals surface area contributed by atoms with Crippen LogP contribution in [-0.2, 0) is 16.2 Å². The van der Waals surface area contributed by atoms with Crippen molar-refractivity contribution in [1.82, 2.24) is 30.3 Å². The fourth-order valence-electron chi connectivity index (χ4n) is 3.72. The van der Waals surface area contributed by atoms with E-state index in [1.54, 1.807) is 27.4 Å². The zero-order chi connectivity index (χ0) is 23.6. The second kappa shape index (κ2) is 12.4. The summed E-state index contributed by atoms with van der Waals surface area (Å²) in [4.78, 5) is 21.9. The van der Waals surface area contributed by atoms with Gasteiger partial charge in [0.25, 0.3) is 0 Å². The first-order chi connectivity index (χ1) is 16.7. The number of rotatable bonds is 11. The first kappa shape index (κ1) is 24.1. The van der Waals surface area contributed by atoms with E-state index in [0.717, 1.165) is 60.7 Å². The number of hydrogen-bond acceptors (Lipinski definition) is 10. The summed E-state index contributed by atoms with van der Waals surface area (Å²) in [5.74, 6) is 1.12. The van der Waals surface area contributed by atoms with Gasteiger partial charge in [-0.15, -0.1) is 21.5 Å². The zero-order valence-electron chi connectivity index (χ0n) is 19.3. The number of unbranched alkanes of at least 4 members (excludes halogenated alkanes) is 3. The van der Waals surface area contributed by atoms with E-state index in [1.807, 2.05) is 29.6 Å². The Hall–Kier alpha value is -3.05. The Kier molecular flexibility index (Phi) is 8.80. The third-order valence-corrected chi connectivity index (χ3v) is 6.69. The molecule has 10 nitrogen and oxygen atoms in total. The number of hydroxylamine groups is 2. The number of carbonyl (C=O) groups is 1. The maximum absolute atomic E-state index is 11.8. The van der Waals surface area contributed by atoms with Gasteiger partial charge in [0.15, 0.2) is 0 Å². The van der Waals surface area contributed by atoms with Crippen LogP contribution in [0.1, 0.15) is 62.1 Å². The summed E-state index contributed by atoms with van der Waals surface area (Å²) in [6.07, 6.45) is 6.99. The number of benzene rings is 1. The van der Waals surface area contributed by atoms with E-state index in [-0.39, 0.29) is 0 Å². The molecule has 0 saturated carbocycles. The molecule has 34 heavy (non-hydrogen) atoms. The topological polar surface area (TPSA) is 104 Å². The van der Waals surface area contributed by atoms with Crippen molar-refractivity contribution < 1.29 is 19.1 Å². The fourth-order valence-corrected chi connectivity index (χ4v) is 4.69. The van der Waals surface area contributed by atoms with Crippen LogP contribution in [-0.4, -0.2) is 56.1 Å². The quantitative estimate of drug-likeness (QED) is 0.286. The minimum atomic E-state index is -0.602. The highest BCUT2D eigenvalue weighted by Gasteiger charge is 2.25. The normalized spacial score (nSPS) is 14.7. The van der Waals surface area contributed by atoms with Crippen molar-refractivity contribution in [2.24, 2.45) is 0 Å². The third-order valence-electron chi connectivity index (χ3n) is 5.63.